The number of hydrogen-bond acceptors (Lipinski definition) is 5. The van der Waals surface area contributed by atoms with Gasteiger partial charge < -0.3 is 16.4 Å². The molecule has 4 aromatic rings. The van der Waals surface area contributed by atoms with Gasteiger partial charge in [-0.15, -0.1) is 11.3 Å². The van der Waals surface area contributed by atoms with E-state index in [0.717, 1.165) is 32.6 Å². The van der Waals surface area contributed by atoms with Crippen molar-refractivity contribution in [1.29, 1.82) is 0 Å². The second kappa shape index (κ2) is 7.10. The number of aromatic nitrogens is 2. The highest BCUT2D eigenvalue weighted by molar-refractivity contribution is 7.13. The number of rotatable bonds is 5. The topological polar surface area (TPSA) is 107 Å². The van der Waals surface area contributed by atoms with Crippen molar-refractivity contribution in [2.75, 3.05) is 12.3 Å². The van der Waals surface area contributed by atoms with Crippen molar-refractivity contribution >= 4 is 34.4 Å². The van der Waals surface area contributed by atoms with Gasteiger partial charge in [-0.1, -0.05) is 18.7 Å². The monoisotopic (exact) mass is 429 g/mol. The molecule has 0 fully saturated rings. The fourth-order valence-corrected chi connectivity index (χ4v) is 4.72. The van der Waals surface area contributed by atoms with E-state index in [0.29, 0.717) is 17.8 Å². The van der Waals surface area contributed by atoms with Gasteiger partial charge in [-0.2, -0.15) is 5.10 Å². The number of nitrogens with zero attached hydrogens (tertiary/aromatic N) is 3. The van der Waals surface area contributed by atoms with Gasteiger partial charge in [0.15, 0.2) is 0 Å². The Morgan fingerprint density at radius 3 is 2.81 bits per heavy atom. The van der Waals surface area contributed by atoms with Gasteiger partial charge in [0, 0.05) is 34.4 Å². The predicted octanol–water partition coefficient (Wildman–Crippen LogP) is 3.31. The zero-order chi connectivity index (χ0) is 21.7. The number of hydrogen-bond donors (Lipinski definition) is 2. The lowest BCUT2D eigenvalue weighted by molar-refractivity contribution is -0.114. The number of fused-ring (bicyclic) bond motifs is 2. The summed E-state index contributed by atoms with van der Waals surface area (Å²) in [6.07, 6.45) is 3.77. The number of benzene rings is 1. The first-order valence-electron chi connectivity index (χ1n) is 9.64. The van der Waals surface area contributed by atoms with Gasteiger partial charge in [0.1, 0.15) is 0 Å². The van der Waals surface area contributed by atoms with E-state index in [1.54, 1.807) is 22.3 Å². The maximum Gasteiger partial charge on any atom is 0.256 e. The average molecular weight is 430 g/mol. The average Bonchev–Trinajstić information content (AvgIpc) is 3.47. The summed E-state index contributed by atoms with van der Waals surface area (Å²) in [6.45, 7) is 4.08. The Labute approximate surface area is 182 Å². The van der Waals surface area contributed by atoms with Crippen molar-refractivity contribution in [3.63, 3.8) is 0 Å². The third-order valence-electron chi connectivity index (χ3n) is 5.54. The largest absolute Gasteiger partial charge is 0.398 e. The van der Waals surface area contributed by atoms with Gasteiger partial charge in [0.05, 0.1) is 23.8 Å². The Balaban J connectivity index is 1.60. The molecule has 0 radical (unpaired) electrons. The molecule has 0 aliphatic carbocycles. The number of thiophene rings is 1. The quantitative estimate of drug-likeness (QED) is 0.375. The molecule has 7 nitrogen and oxygen atoms in total. The molecular weight excluding hydrogens is 410 g/mol. The van der Waals surface area contributed by atoms with Crippen LogP contribution < -0.4 is 11.5 Å². The second-order valence-electron chi connectivity index (χ2n) is 7.47. The van der Waals surface area contributed by atoms with Crippen LogP contribution in [0.3, 0.4) is 0 Å². The Morgan fingerprint density at radius 2 is 2.06 bits per heavy atom. The lowest BCUT2D eigenvalue weighted by atomic mass is 9.96. The maximum absolute atomic E-state index is 13.0. The number of carbonyl (C=O) groups is 2. The molecule has 2 amide bonds. The van der Waals surface area contributed by atoms with Crippen LogP contribution in [-0.4, -0.2) is 32.9 Å². The highest BCUT2D eigenvalue weighted by Gasteiger charge is 2.32. The summed E-state index contributed by atoms with van der Waals surface area (Å²) < 4.78 is 1.84. The van der Waals surface area contributed by atoms with Crippen LogP contribution in [0.5, 0.6) is 0 Å². The van der Waals surface area contributed by atoms with E-state index in [-0.39, 0.29) is 18.0 Å². The molecule has 0 unspecified atom stereocenters. The molecule has 0 saturated carbocycles. The Morgan fingerprint density at radius 1 is 1.23 bits per heavy atom. The van der Waals surface area contributed by atoms with Crippen molar-refractivity contribution in [3.8, 4) is 21.6 Å². The molecule has 4 N–H and O–H groups in total. The van der Waals surface area contributed by atoms with E-state index in [2.05, 4.69) is 23.8 Å². The molecule has 5 rings (SSSR count). The van der Waals surface area contributed by atoms with Gasteiger partial charge in [-0.05, 0) is 46.3 Å². The molecular formula is C23H19N5O2S. The fourth-order valence-electron chi connectivity index (χ4n) is 3.98. The number of amides is 2. The molecule has 0 atom stereocenters. The van der Waals surface area contributed by atoms with Crippen molar-refractivity contribution in [3.05, 3.63) is 77.5 Å². The third-order valence-corrected chi connectivity index (χ3v) is 6.45. The van der Waals surface area contributed by atoms with E-state index in [1.807, 2.05) is 40.5 Å². The summed E-state index contributed by atoms with van der Waals surface area (Å²) in [5, 5.41) is 6.49. The van der Waals surface area contributed by atoms with Crippen molar-refractivity contribution in [2.24, 2.45) is 5.73 Å². The Kier molecular flexibility index (Phi) is 4.37. The van der Waals surface area contributed by atoms with Gasteiger partial charge in [-0.3, -0.25) is 9.59 Å². The molecule has 154 valence electrons. The lowest BCUT2D eigenvalue weighted by Crippen LogP contribution is -2.30. The van der Waals surface area contributed by atoms with Crippen LogP contribution in [-0.2, 0) is 11.3 Å². The third kappa shape index (κ3) is 3.08. The molecule has 0 spiro atoms. The molecule has 1 aliphatic rings. The Bertz CT molecular complexity index is 1370. The first-order chi connectivity index (χ1) is 14.9. The summed E-state index contributed by atoms with van der Waals surface area (Å²) in [4.78, 5) is 27.1. The molecule has 4 heterocycles. The van der Waals surface area contributed by atoms with Crippen LogP contribution in [0.4, 0.5) is 5.69 Å². The first kappa shape index (κ1) is 19.1. The smallest absolute Gasteiger partial charge is 0.256 e. The Hall–Kier alpha value is -3.91. The number of nitrogens with two attached hydrogens (primary N) is 2. The van der Waals surface area contributed by atoms with Crippen molar-refractivity contribution in [2.45, 2.75) is 6.54 Å². The van der Waals surface area contributed by atoms with Crippen LogP contribution in [0.1, 0.15) is 15.9 Å². The van der Waals surface area contributed by atoms with E-state index < -0.39 is 5.91 Å². The zero-order valence-electron chi connectivity index (χ0n) is 16.5. The van der Waals surface area contributed by atoms with Crippen LogP contribution in [0.15, 0.2) is 66.3 Å². The summed E-state index contributed by atoms with van der Waals surface area (Å²) in [7, 11) is 0. The van der Waals surface area contributed by atoms with E-state index in [1.165, 1.54) is 0 Å². The van der Waals surface area contributed by atoms with Crippen LogP contribution >= 0.6 is 11.3 Å². The van der Waals surface area contributed by atoms with Gasteiger partial charge >= 0.3 is 0 Å². The van der Waals surface area contributed by atoms with Crippen LogP contribution in [0, 0.1) is 0 Å². The minimum absolute atomic E-state index is 0.0753. The minimum Gasteiger partial charge on any atom is -0.398 e. The SMILES string of the molecule is C=C(CN1Cc2c(-c3ccn4ncc(-c5cccs5)c4c3)ccc(N)c2C1=O)C(N)=O. The summed E-state index contributed by atoms with van der Waals surface area (Å²) in [5.41, 5.74) is 17.3. The maximum atomic E-state index is 13.0. The summed E-state index contributed by atoms with van der Waals surface area (Å²) >= 11 is 1.66. The number of carbonyl (C=O) groups excluding carboxylic acids is 2. The highest BCUT2D eigenvalue weighted by Crippen LogP contribution is 2.38. The fraction of sp³-hybridized carbons (Fsp3) is 0.0870. The van der Waals surface area contributed by atoms with Gasteiger partial charge in [0.25, 0.3) is 5.91 Å². The lowest BCUT2D eigenvalue weighted by Gasteiger charge is -2.15. The molecule has 0 saturated heterocycles. The second-order valence-corrected chi connectivity index (χ2v) is 8.41. The van der Waals surface area contributed by atoms with E-state index in [4.69, 9.17) is 11.5 Å². The molecule has 31 heavy (non-hydrogen) atoms. The van der Waals surface area contributed by atoms with Gasteiger partial charge in [-0.25, -0.2) is 4.52 Å². The standard InChI is InChI=1S/C23H19N5O2S/c1-13(22(25)29)11-27-12-17-15(4-5-18(24)21(17)23(27)30)14-6-7-28-19(9-14)16(10-26-28)20-3-2-8-31-20/h2-10H,1,11-12,24H2,(H2,25,29). The van der Waals surface area contributed by atoms with E-state index in [9.17, 15) is 9.59 Å². The predicted molar refractivity (Wildman–Crippen MR) is 121 cm³/mol. The van der Waals surface area contributed by atoms with Gasteiger partial charge in [0.2, 0.25) is 5.91 Å². The van der Waals surface area contributed by atoms with Crippen LogP contribution in [0.2, 0.25) is 0 Å². The molecule has 1 aromatic carbocycles. The zero-order valence-corrected chi connectivity index (χ0v) is 17.4. The molecule has 3 aromatic heterocycles. The van der Waals surface area contributed by atoms with E-state index >= 15 is 0 Å². The number of primary amides is 1. The number of nitrogen functional groups attached to an aromatic ring is 1. The first-order valence-corrected chi connectivity index (χ1v) is 10.5. The summed E-state index contributed by atoms with van der Waals surface area (Å²) in [5.74, 6) is -0.842. The summed E-state index contributed by atoms with van der Waals surface area (Å²) in [6, 6.07) is 11.8. The molecule has 8 heteroatoms. The van der Waals surface area contributed by atoms with Crippen molar-refractivity contribution < 1.29 is 9.59 Å². The normalized spacial score (nSPS) is 13.0. The molecule has 0 bridgehead atoms. The number of pyridine rings is 1. The van der Waals surface area contributed by atoms with Crippen molar-refractivity contribution in [1.82, 2.24) is 14.5 Å². The minimum atomic E-state index is -0.621. The number of anilines is 1. The highest BCUT2D eigenvalue weighted by atomic mass is 32.1. The molecule has 1 aliphatic heterocycles. The van der Waals surface area contributed by atoms with Crippen LogP contribution in [0.25, 0.3) is 27.1 Å².